The Morgan fingerprint density at radius 2 is 1.36 bits per heavy atom. The van der Waals surface area contributed by atoms with E-state index in [0.717, 1.165) is 5.56 Å². The molecule has 0 spiro atoms. The topological polar surface area (TPSA) is 58.2 Å². The number of benzene rings is 2. The van der Waals surface area contributed by atoms with E-state index in [4.69, 9.17) is 0 Å². The zero-order valence-corrected chi connectivity index (χ0v) is 18.1. The van der Waals surface area contributed by atoms with E-state index in [2.05, 4.69) is 10.6 Å². The van der Waals surface area contributed by atoms with Crippen LogP contribution in [0.25, 0.3) is 0 Å². The second-order valence-corrected chi connectivity index (χ2v) is 7.77. The summed E-state index contributed by atoms with van der Waals surface area (Å²) in [7, 11) is 0. The first kappa shape index (κ1) is 26.2. The van der Waals surface area contributed by atoms with Gasteiger partial charge < -0.3 is 10.6 Å². The molecule has 4 nitrogen and oxygen atoms in total. The molecule has 3 atom stereocenters. The second-order valence-electron chi connectivity index (χ2n) is 7.77. The minimum absolute atomic E-state index is 0.0584. The van der Waals surface area contributed by atoms with Crippen LogP contribution in [0.4, 0.5) is 26.3 Å². The maximum Gasteiger partial charge on any atom is 0.416 e. The molecular weight excluding hydrogens is 450 g/mol. The third kappa shape index (κ3) is 6.97. The minimum atomic E-state index is -5.09. The van der Waals surface area contributed by atoms with E-state index in [-0.39, 0.29) is 6.07 Å². The van der Waals surface area contributed by atoms with Crippen molar-refractivity contribution in [2.75, 3.05) is 0 Å². The summed E-state index contributed by atoms with van der Waals surface area (Å²) in [4.78, 5) is 25.5. The first-order chi connectivity index (χ1) is 15.2. The predicted molar refractivity (Wildman–Crippen MR) is 110 cm³/mol. The van der Waals surface area contributed by atoms with Gasteiger partial charge in [0.1, 0.15) is 6.04 Å². The van der Waals surface area contributed by atoms with E-state index in [1.165, 1.54) is 0 Å². The Morgan fingerprint density at radius 3 is 1.82 bits per heavy atom. The van der Waals surface area contributed by atoms with E-state index in [1.807, 2.05) is 0 Å². The minimum Gasteiger partial charge on any atom is -0.348 e. The number of carbonyl (C=O) groups excluding carboxylic acids is 2. The van der Waals surface area contributed by atoms with Crippen molar-refractivity contribution in [2.24, 2.45) is 5.92 Å². The van der Waals surface area contributed by atoms with Gasteiger partial charge in [0.15, 0.2) is 0 Å². The zero-order valence-electron chi connectivity index (χ0n) is 18.1. The van der Waals surface area contributed by atoms with Crippen LogP contribution in [0.5, 0.6) is 0 Å². The van der Waals surface area contributed by atoms with Gasteiger partial charge in [-0.2, -0.15) is 26.3 Å². The van der Waals surface area contributed by atoms with Crippen LogP contribution < -0.4 is 10.6 Å². The smallest absolute Gasteiger partial charge is 0.348 e. The summed E-state index contributed by atoms with van der Waals surface area (Å²) in [6.45, 7) is 5.10. The maximum absolute atomic E-state index is 13.1. The van der Waals surface area contributed by atoms with Crippen LogP contribution in [0, 0.1) is 5.92 Å². The molecule has 0 aliphatic carbocycles. The first-order valence-corrected chi connectivity index (χ1v) is 10.2. The normalized spacial score (nSPS) is 14.8. The van der Waals surface area contributed by atoms with Crippen molar-refractivity contribution >= 4 is 11.8 Å². The van der Waals surface area contributed by atoms with Crippen LogP contribution in [0.3, 0.4) is 0 Å². The molecule has 2 aromatic carbocycles. The fraction of sp³-hybridized carbons (Fsp3) is 0.391. The monoisotopic (exact) mass is 474 g/mol. The van der Waals surface area contributed by atoms with Crippen LogP contribution in [0.15, 0.2) is 48.5 Å². The average Bonchev–Trinajstić information content (AvgIpc) is 2.75. The van der Waals surface area contributed by atoms with E-state index in [9.17, 15) is 35.9 Å². The first-order valence-electron chi connectivity index (χ1n) is 10.2. The number of hydrogen-bond donors (Lipinski definition) is 2. The van der Waals surface area contributed by atoms with Gasteiger partial charge in [0.25, 0.3) is 5.91 Å². The summed E-state index contributed by atoms with van der Waals surface area (Å²) >= 11 is 0. The summed E-state index contributed by atoms with van der Waals surface area (Å²) in [6, 6.07) is 7.92. The van der Waals surface area contributed by atoms with Crippen molar-refractivity contribution in [1.82, 2.24) is 10.6 Å². The van der Waals surface area contributed by atoms with Crippen molar-refractivity contribution in [3.63, 3.8) is 0 Å². The van der Waals surface area contributed by atoms with Crippen molar-refractivity contribution in [2.45, 2.75) is 51.6 Å². The lowest BCUT2D eigenvalue weighted by Crippen LogP contribution is -2.50. The van der Waals surface area contributed by atoms with E-state index in [1.54, 1.807) is 51.1 Å². The van der Waals surface area contributed by atoms with Gasteiger partial charge in [-0.05, 0) is 36.6 Å². The number of nitrogens with one attached hydrogen (secondary N) is 2. The van der Waals surface area contributed by atoms with Crippen LogP contribution in [0.2, 0.25) is 0 Å². The van der Waals surface area contributed by atoms with E-state index >= 15 is 0 Å². The SMILES string of the molecule is CCC(C)C(NC(=O)c1cc(C(F)(F)F)cc(C(F)(F)F)c1)C(=O)NC(C)c1ccccc1. The summed E-state index contributed by atoms with van der Waals surface area (Å²) in [6.07, 6.45) is -9.75. The van der Waals surface area contributed by atoms with Gasteiger partial charge in [0.05, 0.1) is 17.2 Å². The molecular formula is C23H24F6N2O2. The Bertz CT molecular complexity index is 941. The average molecular weight is 474 g/mol. The van der Waals surface area contributed by atoms with Gasteiger partial charge in [0, 0.05) is 5.56 Å². The van der Waals surface area contributed by atoms with Gasteiger partial charge in [-0.1, -0.05) is 50.6 Å². The lowest BCUT2D eigenvalue weighted by Gasteiger charge is -2.26. The van der Waals surface area contributed by atoms with Crippen molar-refractivity contribution < 1.29 is 35.9 Å². The van der Waals surface area contributed by atoms with Gasteiger partial charge in [0.2, 0.25) is 5.91 Å². The van der Waals surface area contributed by atoms with Gasteiger partial charge in [-0.3, -0.25) is 9.59 Å². The Balaban J connectivity index is 2.32. The van der Waals surface area contributed by atoms with Crippen LogP contribution >= 0.6 is 0 Å². The quantitative estimate of drug-likeness (QED) is 0.503. The molecule has 3 unspecified atom stereocenters. The van der Waals surface area contributed by atoms with E-state index in [0.29, 0.717) is 18.6 Å². The molecule has 0 saturated heterocycles. The van der Waals surface area contributed by atoms with Crippen molar-refractivity contribution in [3.8, 4) is 0 Å². The molecule has 10 heteroatoms. The molecule has 0 radical (unpaired) electrons. The summed E-state index contributed by atoms with van der Waals surface area (Å²) in [5.41, 5.74) is -3.27. The second kappa shape index (κ2) is 10.3. The van der Waals surface area contributed by atoms with Crippen LogP contribution in [0.1, 0.15) is 60.3 Å². The number of rotatable bonds is 7. The highest BCUT2D eigenvalue weighted by molar-refractivity contribution is 5.98. The van der Waals surface area contributed by atoms with Gasteiger partial charge in [-0.25, -0.2) is 0 Å². The van der Waals surface area contributed by atoms with Gasteiger partial charge >= 0.3 is 12.4 Å². The third-order valence-corrected chi connectivity index (χ3v) is 5.29. The third-order valence-electron chi connectivity index (χ3n) is 5.29. The Kier molecular flexibility index (Phi) is 8.16. The molecule has 0 heterocycles. The molecule has 0 aromatic heterocycles. The predicted octanol–water partition coefficient (Wildman–Crippen LogP) is 5.75. The molecule has 33 heavy (non-hydrogen) atoms. The molecule has 0 saturated carbocycles. The summed E-state index contributed by atoms with van der Waals surface area (Å²) < 4.78 is 78.7. The van der Waals surface area contributed by atoms with Crippen molar-refractivity contribution in [1.29, 1.82) is 0 Å². The Morgan fingerprint density at radius 1 is 0.848 bits per heavy atom. The lowest BCUT2D eigenvalue weighted by atomic mass is 9.96. The molecule has 180 valence electrons. The molecule has 0 bridgehead atoms. The van der Waals surface area contributed by atoms with Crippen LogP contribution in [-0.4, -0.2) is 17.9 Å². The molecule has 2 N–H and O–H groups in total. The Labute approximate surface area is 187 Å². The summed E-state index contributed by atoms with van der Waals surface area (Å²) in [5, 5.41) is 5.04. The molecule has 2 rings (SSSR count). The van der Waals surface area contributed by atoms with Crippen LogP contribution in [-0.2, 0) is 17.1 Å². The largest absolute Gasteiger partial charge is 0.416 e. The summed E-state index contributed by atoms with van der Waals surface area (Å²) in [5.74, 6) is -2.25. The molecule has 0 aliphatic rings. The fourth-order valence-corrected chi connectivity index (χ4v) is 3.14. The fourth-order valence-electron chi connectivity index (χ4n) is 3.14. The molecule has 2 amide bonds. The van der Waals surface area contributed by atoms with Gasteiger partial charge in [-0.15, -0.1) is 0 Å². The number of carbonyl (C=O) groups is 2. The highest BCUT2D eigenvalue weighted by atomic mass is 19.4. The van der Waals surface area contributed by atoms with E-state index < -0.39 is 58.9 Å². The molecule has 0 fully saturated rings. The van der Waals surface area contributed by atoms with Crippen molar-refractivity contribution in [3.05, 3.63) is 70.8 Å². The highest BCUT2D eigenvalue weighted by Crippen LogP contribution is 2.36. The lowest BCUT2D eigenvalue weighted by molar-refractivity contribution is -0.143. The number of hydrogen-bond acceptors (Lipinski definition) is 2. The molecule has 0 aliphatic heterocycles. The number of alkyl halides is 6. The standard InChI is InChI=1S/C23H24F6N2O2/c1-4-13(2)19(21(33)30-14(3)15-8-6-5-7-9-15)31-20(32)16-10-17(22(24,25)26)12-18(11-16)23(27,28)29/h5-14,19H,4H2,1-3H3,(H,30,33)(H,31,32). The highest BCUT2D eigenvalue weighted by Gasteiger charge is 2.38. The number of amides is 2. The molecule has 2 aromatic rings. The zero-order chi connectivity index (χ0) is 25.0. The number of halogens is 6. The Hall–Kier alpha value is -3.04. The maximum atomic E-state index is 13.1.